The summed E-state index contributed by atoms with van der Waals surface area (Å²) in [6.07, 6.45) is 4.84. The molecule has 2 N–H and O–H groups in total. The predicted molar refractivity (Wildman–Crippen MR) is 110 cm³/mol. The van der Waals surface area contributed by atoms with Crippen molar-refractivity contribution in [3.8, 4) is 5.75 Å². The van der Waals surface area contributed by atoms with Crippen molar-refractivity contribution >= 4 is 34.9 Å². The van der Waals surface area contributed by atoms with E-state index in [9.17, 15) is 9.59 Å². The average Bonchev–Trinajstić information content (AvgIpc) is 3.25. The maximum atomic E-state index is 12.8. The zero-order chi connectivity index (χ0) is 19.8. The third-order valence-corrected chi connectivity index (χ3v) is 4.53. The van der Waals surface area contributed by atoms with E-state index in [-0.39, 0.29) is 11.6 Å². The maximum Gasteiger partial charge on any atom is 0.272 e. The number of nitrogens with one attached hydrogen (secondary N) is 2. The molecule has 2 heterocycles. The summed E-state index contributed by atoms with van der Waals surface area (Å²) in [4.78, 5) is 29.8. The third kappa shape index (κ3) is 5.28. The van der Waals surface area contributed by atoms with Gasteiger partial charge in [0.05, 0.1) is 11.5 Å². The van der Waals surface area contributed by atoms with E-state index < -0.39 is 5.91 Å². The van der Waals surface area contributed by atoms with Crippen LogP contribution in [0.1, 0.15) is 22.2 Å². The summed E-state index contributed by atoms with van der Waals surface area (Å²) in [5, 5.41) is 7.28. The number of rotatable bonds is 7. The highest BCUT2D eigenvalue weighted by Gasteiger charge is 2.15. The maximum absolute atomic E-state index is 12.8. The molecule has 0 spiro atoms. The minimum Gasteiger partial charge on any atom is -0.494 e. The minimum atomic E-state index is -0.432. The van der Waals surface area contributed by atoms with Gasteiger partial charge in [-0.25, -0.2) is 0 Å². The molecular formula is C21H19N3O3S. The van der Waals surface area contributed by atoms with Crippen LogP contribution < -0.4 is 15.4 Å². The van der Waals surface area contributed by atoms with Crippen LogP contribution in [-0.4, -0.2) is 23.4 Å². The zero-order valence-corrected chi connectivity index (χ0v) is 16.0. The van der Waals surface area contributed by atoms with Crippen LogP contribution in [0, 0.1) is 0 Å². The molecule has 0 fully saturated rings. The molecule has 0 bridgehead atoms. The molecule has 0 saturated carbocycles. The summed E-state index contributed by atoms with van der Waals surface area (Å²) in [5.41, 5.74) is 1.42. The van der Waals surface area contributed by atoms with Crippen molar-refractivity contribution in [2.75, 3.05) is 11.9 Å². The lowest BCUT2D eigenvalue weighted by Gasteiger charge is -2.11. The fourth-order valence-corrected chi connectivity index (χ4v) is 3.00. The second kappa shape index (κ2) is 9.48. The molecule has 3 rings (SSSR count). The van der Waals surface area contributed by atoms with Crippen LogP contribution in [0.15, 0.2) is 72.0 Å². The first-order chi connectivity index (χ1) is 13.7. The number of aromatic nitrogens is 1. The van der Waals surface area contributed by atoms with Gasteiger partial charge in [0.15, 0.2) is 0 Å². The van der Waals surface area contributed by atoms with Crippen molar-refractivity contribution in [3.63, 3.8) is 0 Å². The fourth-order valence-electron chi connectivity index (χ4n) is 2.38. The van der Waals surface area contributed by atoms with E-state index in [0.717, 1.165) is 5.75 Å². The van der Waals surface area contributed by atoms with Crippen LogP contribution in [0.2, 0.25) is 0 Å². The number of amides is 2. The number of hydrogen-bond acceptors (Lipinski definition) is 5. The van der Waals surface area contributed by atoms with E-state index >= 15 is 0 Å². The normalized spacial score (nSPS) is 11.0. The average molecular weight is 393 g/mol. The van der Waals surface area contributed by atoms with Gasteiger partial charge in [-0.1, -0.05) is 12.1 Å². The number of ether oxygens (including phenoxy) is 1. The summed E-state index contributed by atoms with van der Waals surface area (Å²) in [6, 6.07) is 14.1. The first kappa shape index (κ1) is 19.3. The highest BCUT2D eigenvalue weighted by Crippen LogP contribution is 2.17. The van der Waals surface area contributed by atoms with E-state index in [1.807, 2.05) is 6.92 Å². The first-order valence-electron chi connectivity index (χ1n) is 8.66. The van der Waals surface area contributed by atoms with E-state index in [2.05, 4.69) is 15.6 Å². The molecule has 142 valence electrons. The Morgan fingerprint density at radius 2 is 1.96 bits per heavy atom. The third-order valence-electron chi connectivity index (χ3n) is 3.66. The van der Waals surface area contributed by atoms with Gasteiger partial charge in [-0.2, -0.15) is 0 Å². The molecule has 6 nitrogen and oxygen atoms in total. The molecule has 1 aromatic carbocycles. The highest BCUT2D eigenvalue weighted by atomic mass is 32.1. The second-order valence-electron chi connectivity index (χ2n) is 5.69. The highest BCUT2D eigenvalue weighted by molar-refractivity contribution is 7.12. The molecule has 3 aromatic rings. The van der Waals surface area contributed by atoms with Gasteiger partial charge in [0.2, 0.25) is 0 Å². The Morgan fingerprint density at radius 3 is 2.61 bits per heavy atom. The quantitative estimate of drug-likeness (QED) is 0.596. The van der Waals surface area contributed by atoms with E-state index in [4.69, 9.17) is 4.74 Å². The monoisotopic (exact) mass is 393 g/mol. The summed E-state index contributed by atoms with van der Waals surface area (Å²) >= 11 is 1.30. The van der Waals surface area contributed by atoms with Crippen LogP contribution in [0.5, 0.6) is 5.75 Å². The second-order valence-corrected chi connectivity index (χ2v) is 6.64. The number of benzene rings is 1. The van der Waals surface area contributed by atoms with Gasteiger partial charge in [0.1, 0.15) is 11.4 Å². The molecule has 2 aromatic heterocycles. The molecule has 0 aliphatic carbocycles. The van der Waals surface area contributed by atoms with Gasteiger partial charge in [-0.3, -0.25) is 14.6 Å². The molecule has 0 aliphatic heterocycles. The molecular weight excluding hydrogens is 374 g/mol. The standard InChI is InChI=1S/C21H19N3O3S/c1-2-27-17-9-7-16(8-10-17)23-20(25)18(13-15-5-3-11-22-14-15)24-21(26)19-6-4-12-28-19/h3-14H,2H2,1H3,(H,23,25)(H,24,26). The molecule has 7 heteroatoms. The number of thiophene rings is 1. The Hall–Kier alpha value is -3.45. The number of nitrogens with zero attached hydrogens (tertiary/aromatic N) is 1. The summed E-state index contributed by atoms with van der Waals surface area (Å²) in [5.74, 6) is -0.0532. The Morgan fingerprint density at radius 1 is 1.14 bits per heavy atom. The number of carbonyl (C=O) groups is 2. The Labute approximate surface area is 166 Å². The zero-order valence-electron chi connectivity index (χ0n) is 15.2. The lowest BCUT2D eigenvalue weighted by molar-refractivity contribution is -0.113. The van der Waals surface area contributed by atoms with Crippen molar-refractivity contribution in [1.82, 2.24) is 10.3 Å². The number of pyridine rings is 1. The van der Waals surface area contributed by atoms with Gasteiger partial charge in [0.25, 0.3) is 11.8 Å². The van der Waals surface area contributed by atoms with Gasteiger partial charge >= 0.3 is 0 Å². The Kier molecular flexibility index (Phi) is 6.54. The van der Waals surface area contributed by atoms with Crippen LogP contribution in [-0.2, 0) is 4.79 Å². The van der Waals surface area contributed by atoms with Crippen LogP contribution in [0.3, 0.4) is 0 Å². The number of anilines is 1. The first-order valence-corrected chi connectivity index (χ1v) is 9.54. The summed E-state index contributed by atoms with van der Waals surface area (Å²) in [6.45, 7) is 2.47. The molecule has 2 amide bonds. The van der Waals surface area contributed by atoms with Crippen molar-refractivity contribution in [2.45, 2.75) is 6.92 Å². The Bertz CT molecular complexity index is 952. The van der Waals surface area contributed by atoms with Crippen molar-refractivity contribution in [1.29, 1.82) is 0 Å². The summed E-state index contributed by atoms with van der Waals surface area (Å²) < 4.78 is 5.40. The van der Waals surface area contributed by atoms with Crippen LogP contribution in [0.25, 0.3) is 6.08 Å². The van der Waals surface area contributed by atoms with E-state index in [1.165, 1.54) is 11.3 Å². The topological polar surface area (TPSA) is 80.3 Å². The summed E-state index contributed by atoms with van der Waals surface area (Å²) in [7, 11) is 0. The van der Waals surface area contributed by atoms with Gasteiger partial charge in [-0.05, 0) is 60.3 Å². The fraction of sp³-hybridized carbons (Fsp3) is 0.0952. The largest absolute Gasteiger partial charge is 0.494 e. The molecule has 0 atom stereocenters. The lowest BCUT2D eigenvalue weighted by Crippen LogP contribution is -2.30. The van der Waals surface area contributed by atoms with E-state index in [1.54, 1.807) is 72.4 Å². The Balaban J connectivity index is 1.80. The number of carbonyl (C=O) groups excluding carboxylic acids is 2. The minimum absolute atomic E-state index is 0.125. The lowest BCUT2D eigenvalue weighted by atomic mass is 10.2. The molecule has 0 saturated heterocycles. The van der Waals surface area contributed by atoms with Gasteiger partial charge < -0.3 is 15.4 Å². The van der Waals surface area contributed by atoms with Crippen molar-refractivity contribution in [3.05, 3.63) is 82.4 Å². The van der Waals surface area contributed by atoms with Gasteiger partial charge in [-0.15, -0.1) is 11.3 Å². The van der Waals surface area contributed by atoms with Gasteiger partial charge in [0, 0.05) is 18.1 Å². The van der Waals surface area contributed by atoms with Crippen molar-refractivity contribution in [2.24, 2.45) is 0 Å². The molecule has 0 aliphatic rings. The molecule has 28 heavy (non-hydrogen) atoms. The molecule has 0 radical (unpaired) electrons. The van der Waals surface area contributed by atoms with E-state index in [0.29, 0.717) is 22.7 Å². The number of hydrogen-bond donors (Lipinski definition) is 2. The van der Waals surface area contributed by atoms with Crippen LogP contribution in [0.4, 0.5) is 5.69 Å². The van der Waals surface area contributed by atoms with Crippen LogP contribution >= 0.6 is 11.3 Å². The predicted octanol–water partition coefficient (Wildman–Crippen LogP) is 3.95. The SMILES string of the molecule is CCOc1ccc(NC(=O)C(=Cc2cccnc2)NC(=O)c2cccs2)cc1. The molecule has 0 unspecified atom stereocenters. The smallest absolute Gasteiger partial charge is 0.272 e. The van der Waals surface area contributed by atoms with Crippen molar-refractivity contribution < 1.29 is 14.3 Å².